The van der Waals surface area contributed by atoms with Crippen LogP contribution in [0.5, 0.6) is 11.5 Å². The summed E-state index contributed by atoms with van der Waals surface area (Å²) in [4.78, 5) is 26.7. The molecule has 1 saturated heterocycles. The number of hydrogen-bond acceptors (Lipinski definition) is 5. The number of carbonyl (C=O) groups excluding carboxylic acids is 2. The Bertz CT molecular complexity index is 845. The molecule has 154 valence electrons. The Labute approximate surface area is 174 Å². The highest BCUT2D eigenvalue weighted by Gasteiger charge is 2.24. The number of carbonyl (C=O) groups is 2. The number of aryl methyl sites for hydroxylation is 1. The zero-order valence-electron chi connectivity index (χ0n) is 16.4. The van der Waals surface area contributed by atoms with Gasteiger partial charge in [-0.1, -0.05) is 6.07 Å². The topological polar surface area (TPSA) is 67.9 Å². The molecule has 0 bridgehead atoms. The van der Waals surface area contributed by atoms with Crippen LogP contribution in [0.15, 0.2) is 35.0 Å². The quantitative estimate of drug-likeness (QED) is 0.816. The van der Waals surface area contributed by atoms with E-state index >= 15 is 0 Å². The van der Waals surface area contributed by atoms with Crippen LogP contribution < -0.4 is 14.8 Å². The predicted octanol–water partition coefficient (Wildman–Crippen LogP) is 3.26. The number of ether oxygens (including phenoxy) is 2. The number of benzene rings is 1. The van der Waals surface area contributed by atoms with Crippen LogP contribution in [0, 0.1) is 0 Å². The molecule has 0 atom stereocenters. The first kappa shape index (κ1) is 19.8. The van der Waals surface area contributed by atoms with E-state index in [1.807, 2.05) is 39.9 Å². The molecule has 29 heavy (non-hydrogen) atoms. The SMILES string of the molecule is O=C(NC1CCN(C(=O)CCc2ccc3c(c2)OCCCO3)CC1)c1ccsc1. The molecule has 2 aliphatic rings. The third-order valence-corrected chi connectivity index (χ3v) is 6.09. The van der Waals surface area contributed by atoms with E-state index in [2.05, 4.69) is 5.32 Å². The van der Waals surface area contributed by atoms with Gasteiger partial charge in [0.15, 0.2) is 11.5 Å². The van der Waals surface area contributed by atoms with Gasteiger partial charge in [0.1, 0.15) is 0 Å². The van der Waals surface area contributed by atoms with Gasteiger partial charge in [0.25, 0.3) is 5.91 Å². The number of nitrogens with zero attached hydrogens (tertiary/aromatic N) is 1. The first-order chi connectivity index (χ1) is 14.2. The molecule has 1 aromatic heterocycles. The smallest absolute Gasteiger partial charge is 0.252 e. The van der Waals surface area contributed by atoms with E-state index in [4.69, 9.17) is 9.47 Å². The number of nitrogens with one attached hydrogen (secondary N) is 1. The zero-order chi connectivity index (χ0) is 20.1. The van der Waals surface area contributed by atoms with Crippen LogP contribution in [0.2, 0.25) is 0 Å². The predicted molar refractivity (Wildman–Crippen MR) is 112 cm³/mol. The Balaban J connectivity index is 1.23. The summed E-state index contributed by atoms with van der Waals surface area (Å²) < 4.78 is 11.4. The fourth-order valence-electron chi connectivity index (χ4n) is 3.71. The Morgan fingerprint density at radius 3 is 2.66 bits per heavy atom. The molecule has 1 fully saturated rings. The van der Waals surface area contributed by atoms with Crippen molar-refractivity contribution in [2.75, 3.05) is 26.3 Å². The van der Waals surface area contributed by atoms with Gasteiger partial charge in [-0.25, -0.2) is 0 Å². The van der Waals surface area contributed by atoms with Crippen molar-refractivity contribution in [3.05, 3.63) is 46.2 Å². The lowest BCUT2D eigenvalue weighted by molar-refractivity contribution is -0.132. The Morgan fingerprint density at radius 1 is 1.10 bits per heavy atom. The number of hydrogen-bond donors (Lipinski definition) is 1. The van der Waals surface area contributed by atoms with E-state index in [0.29, 0.717) is 44.7 Å². The number of thiophene rings is 1. The molecule has 3 heterocycles. The normalized spacial score (nSPS) is 16.9. The highest BCUT2D eigenvalue weighted by atomic mass is 32.1. The van der Waals surface area contributed by atoms with Gasteiger partial charge in [0.2, 0.25) is 5.91 Å². The third-order valence-electron chi connectivity index (χ3n) is 5.41. The van der Waals surface area contributed by atoms with Crippen molar-refractivity contribution in [1.82, 2.24) is 10.2 Å². The molecule has 0 saturated carbocycles. The lowest BCUT2D eigenvalue weighted by atomic mass is 10.0. The highest BCUT2D eigenvalue weighted by Crippen LogP contribution is 2.30. The summed E-state index contributed by atoms with van der Waals surface area (Å²) in [5, 5.41) is 6.83. The van der Waals surface area contributed by atoms with Crippen molar-refractivity contribution in [2.24, 2.45) is 0 Å². The summed E-state index contributed by atoms with van der Waals surface area (Å²) in [6.07, 6.45) is 3.64. The maximum Gasteiger partial charge on any atom is 0.252 e. The van der Waals surface area contributed by atoms with Crippen LogP contribution >= 0.6 is 11.3 Å². The molecule has 0 spiro atoms. The van der Waals surface area contributed by atoms with Crippen LogP contribution in [-0.4, -0.2) is 49.1 Å². The lowest BCUT2D eigenvalue weighted by Gasteiger charge is -2.32. The van der Waals surface area contributed by atoms with E-state index in [-0.39, 0.29) is 17.9 Å². The highest BCUT2D eigenvalue weighted by molar-refractivity contribution is 7.08. The number of amides is 2. The van der Waals surface area contributed by atoms with Gasteiger partial charge in [-0.3, -0.25) is 9.59 Å². The van der Waals surface area contributed by atoms with Crippen molar-refractivity contribution in [3.63, 3.8) is 0 Å². The number of fused-ring (bicyclic) bond motifs is 1. The van der Waals surface area contributed by atoms with Gasteiger partial charge >= 0.3 is 0 Å². The first-order valence-electron chi connectivity index (χ1n) is 10.2. The fourth-order valence-corrected chi connectivity index (χ4v) is 4.34. The van der Waals surface area contributed by atoms with Gasteiger partial charge in [-0.15, -0.1) is 0 Å². The van der Waals surface area contributed by atoms with E-state index in [0.717, 1.165) is 36.3 Å². The van der Waals surface area contributed by atoms with Crippen LogP contribution in [0.3, 0.4) is 0 Å². The number of rotatable bonds is 5. The minimum atomic E-state index is -0.0227. The second-order valence-electron chi connectivity index (χ2n) is 7.47. The molecule has 0 radical (unpaired) electrons. The van der Waals surface area contributed by atoms with Crippen molar-refractivity contribution in [1.29, 1.82) is 0 Å². The first-order valence-corrected chi connectivity index (χ1v) is 11.1. The van der Waals surface area contributed by atoms with Gasteiger partial charge in [-0.2, -0.15) is 11.3 Å². The molecule has 7 heteroatoms. The largest absolute Gasteiger partial charge is 0.490 e. The second-order valence-corrected chi connectivity index (χ2v) is 8.25. The van der Waals surface area contributed by atoms with Crippen LogP contribution in [0.25, 0.3) is 0 Å². The van der Waals surface area contributed by atoms with Gasteiger partial charge in [0, 0.05) is 42.9 Å². The molecule has 4 rings (SSSR count). The maximum atomic E-state index is 12.6. The maximum absolute atomic E-state index is 12.6. The van der Waals surface area contributed by atoms with Crippen molar-refractivity contribution < 1.29 is 19.1 Å². The summed E-state index contributed by atoms with van der Waals surface area (Å²) >= 11 is 1.52. The summed E-state index contributed by atoms with van der Waals surface area (Å²) in [5.74, 6) is 1.70. The summed E-state index contributed by atoms with van der Waals surface area (Å²) in [6.45, 7) is 2.71. The Kier molecular flexibility index (Phi) is 6.34. The lowest BCUT2D eigenvalue weighted by Crippen LogP contribution is -2.46. The summed E-state index contributed by atoms with van der Waals surface area (Å²) in [6, 6.07) is 7.89. The minimum Gasteiger partial charge on any atom is -0.490 e. The Morgan fingerprint density at radius 2 is 1.90 bits per heavy atom. The van der Waals surface area contributed by atoms with Crippen LogP contribution in [-0.2, 0) is 11.2 Å². The second kappa shape index (κ2) is 9.31. The zero-order valence-corrected chi connectivity index (χ0v) is 17.2. The molecule has 2 aromatic rings. The van der Waals surface area contributed by atoms with Gasteiger partial charge in [0.05, 0.1) is 13.2 Å². The van der Waals surface area contributed by atoms with E-state index in [1.54, 1.807) is 0 Å². The molecule has 1 N–H and O–H groups in total. The van der Waals surface area contributed by atoms with Gasteiger partial charge in [-0.05, 0) is 48.4 Å². The van der Waals surface area contributed by atoms with Crippen molar-refractivity contribution >= 4 is 23.2 Å². The molecule has 0 aliphatic carbocycles. The van der Waals surface area contributed by atoms with E-state index in [9.17, 15) is 9.59 Å². The molecular formula is C22H26N2O4S. The summed E-state index contributed by atoms with van der Waals surface area (Å²) in [7, 11) is 0. The van der Waals surface area contributed by atoms with Crippen molar-refractivity contribution in [2.45, 2.75) is 38.1 Å². The molecule has 2 amide bonds. The third kappa shape index (κ3) is 5.09. The molecule has 2 aliphatic heterocycles. The Hall–Kier alpha value is -2.54. The number of likely N-dealkylation sites (tertiary alicyclic amines) is 1. The fraction of sp³-hybridized carbons (Fsp3) is 0.455. The van der Waals surface area contributed by atoms with Crippen LogP contribution in [0.4, 0.5) is 0 Å². The standard InChI is InChI=1S/C22H26N2O4S/c25-21(5-3-16-2-4-19-20(14-16)28-12-1-11-27-19)24-9-6-18(7-10-24)23-22(26)17-8-13-29-15-17/h2,4,8,13-15,18H,1,3,5-7,9-12H2,(H,23,26). The monoisotopic (exact) mass is 414 g/mol. The van der Waals surface area contributed by atoms with E-state index < -0.39 is 0 Å². The molecular weight excluding hydrogens is 388 g/mol. The molecule has 6 nitrogen and oxygen atoms in total. The average molecular weight is 415 g/mol. The number of piperidine rings is 1. The van der Waals surface area contributed by atoms with Crippen LogP contribution in [0.1, 0.15) is 41.6 Å². The van der Waals surface area contributed by atoms with E-state index in [1.165, 1.54) is 11.3 Å². The van der Waals surface area contributed by atoms with Crippen molar-refractivity contribution in [3.8, 4) is 11.5 Å². The van der Waals surface area contributed by atoms with Gasteiger partial charge < -0.3 is 19.7 Å². The molecule has 1 aromatic carbocycles. The average Bonchev–Trinajstić information content (AvgIpc) is 3.19. The molecule has 0 unspecified atom stereocenters. The minimum absolute atomic E-state index is 0.0227. The summed E-state index contributed by atoms with van der Waals surface area (Å²) in [5.41, 5.74) is 1.80.